The highest BCUT2D eigenvalue weighted by Gasteiger charge is 2.35. The van der Waals surface area contributed by atoms with Crippen LogP contribution in [0.15, 0.2) is 45.9 Å². The number of rotatable bonds is 6. The number of carbonyl (C=O) groups excluding carboxylic acids is 1. The van der Waals surface area contributed by atoms with Crippen LogP contribution in [0.2, 0.25) is 0 Å². The monoisotopic (exact) mass is 314 g/mol. The molecular formula is C17H18N2O4. The van der Waals surface area contributed by atoms with E-state index >= 15 is 0 Å². The Kier molecular flexibility index (Phi) is 4.52. The van der Waals surface area contributed by atoms with Crippen molar-refractivity contribution in [1.29, 1.82) is 0 Å². The second-order valence-electron chi connectivity index (χ2n) is 5.38. The Hall–Kier alpha value is -2.47. The fraction of sp³-hybridized carbons (Fsp3) is 0.353. The summed E-state index contributed by atoms with van der Waals surface area (Å²) in [6.45, 7) is 2.37. The summed E-state index contributed by atoms with van der Waals surface area (Å²) in [6, 6.07) is 6.85. The van der Waals surface area contributed by atoms with Crippen LogP contribution in [0.25, 0.3) is 11.3 Å². The number of carbonyl (C=O) groups is 1. The molecule has 1 saturated carbocycles. The van der Waals surface area contributed by atoms with Crippen LogP contribution in [0.1, 0.15) is 19.8 Å². The molecule has 120 valence electrons. The first-order valence-electron chi connectivity index (χ1n) is 7.64. The highest BCUT2D eigenvalue weighted by atomic mass is 16.5. The number of pyridine rings is 1. The molecule has 6 heteroatoms. The maximum Gasteiger partial charge on any atom is 0.360 e. The average Bonchev–Trinajstić information content (AvgIpc) is 3.42. The zero-order chi connectivity index (χ0) is 16.2. The second kappa shape index (κ2) is 6.75. The van der Waals surface area contributed by atoms with E-state index in [0.717, 1.165) is 12.8 Å². The zero-order valence-corrected chi connectivity index (χ0v) is 12.9. The SMILES string of the molecule is CCOCN(C(=O)C1CC1)c1ccc(-c2cccnc2)oc1=O. The van der Waals surface area contributed by atoms with Crippen LogP contribution in [0.5, 0.6) is 0 Å². The third-order valence-corrected chi connectivity index (χ3v) is 3.66. The maximum atomic E-state index is 12.4. The Morgan fingerprint density at radius 2 is 2.22 bits per heavy atom. The smallest absolute Gasteiger partial charge is 0.360 e. The number of ether oxygens (including phenoxy) is 1. The highest BCUT2D eigenvalue weighted by Crippen LogP contribution is 2.32. The first-order chi connectivity index (χ1) is 11.2. The summed E-state index contributed by atoms with van der Waals surface area (Å²) >= 11 is 0. The highest BCUT2D eigenvalue weighted by molar-refractivity contribution is 5.96. The van der Waals surface area contributed by atoms with Crippen LogP contribution in [0.4, 0.5) is 5.69 Å². The third-order valence-electron chi connectivity index (χ3n) is 3.66. The molecular weight excluding hydrogens is 296 g/mol. The van der Waals surface area contributed by atoms with E-state index in [1.54, 1.807) is 36.7 Å². The summed E-state index contributed by atoms with van der Waals surface area (Å²) in [7, 11) is 0. The minimum absolute atomic E-state index is 0.00661. The maximum absolute atomic E-state index is 12.4. The van der Waals surface area contributed by atoms with Gasteiger partial charge in [0, 0.05) is 30.5 Å². The molecule has 2 aromatic heterocycles. The minimum atomic E-state index is -0.556. The number of hydrogen-bond donors (Lipinski definition) is 0. The minimum Gasteiger partial charge on any atom is -0.421 e. The molecule has 0 aliphatic heterocycles. The van der Waals surface area contributed by atoms with E-state index in [-0.39, 0.29) is 24.2 Å². The van der Waals surface area contributed by atoms with Gasteiger partial charge in [0.25, 0.3) is 0 Å². The van der Waals surface area contributed by atoms with Crippen LogP contribution in [0, 0.1) is 5.92 Å². The summed E-state index contributed by atoms with van der Waals surface area (Å²) in [5.41, 5.74) is 0.365. The number of hydrogen-bond acceptors (Lipinski definition) is 5. The van der Waals surface area contributed by atoms with Crippen molar-refractivity contribution in [2.24, 2.45) is 5.92 Å². The van der Waals surface area contributed by atoms with Gasteiger partial charge in [0.1, 0.15) is 18.2 Å². The van der Waals surface area contributed by atoms with E-state index in [9.17, 15) is 9.59 Å². The van der Waals surface area contributed by atoms with Gasteiger partial charge in [0.2, 0.25) is 5.91 Å². The molecule has 2 aromatic rings. The Balaban J connectivity index is 1.91. The van der Waals surface area contributed by atoms with Crippen molar-refractivity contribution in [3.63, 3.8) is 0 Å². The molecule has 0 radical (unpaired) electrons. The average molecular weight is 314 g/mol. The van der Waals surface area contributed by atoms with E-state index < -0.39 is 5.63 Å². The lowest BCUT2D eigenvalue weighted by atomic mass is 10.2. The summed E-state index contributed by atoms with van der Waals surface area (Å²) in [5, 5.41) is 0. The van der Waals surface area contributed by atoms with Crippen LogP contribution < -0.4 is 10.5 Å². The third kappa shape index (κ3) is 3.48. The van der Waals surface area contributed by atoms with Crippen molar-refractivity contribution in [3.05, 3.63) is 47.1 Å². The summed E-state index contributed by atoms with van der Waals surface area (Å²) in [5.74, 6) is 0.329. The van der Waals surface area contributed by atoms with Crippen LogP contribution in [-0.4, -0.2) is 24.2 Å². The van der Waals surface area contributed by atoms with Crippen molar-refractivity contribution >= 4 is 11.6 Å². The Morgan fingerprint density at radius 3 is 2.83 bits per heavy atom. The summed E-state index contributed by atoms with van der Waals surface area (Å²) in [4.78, 5) is 30.1. The lowest BCUT2D eigenvalue weighted by molar-refractivity contribution is -0.120. The van der Waals surface area contributed by atoms with E-state index in [0.29, 0.717) is 17.9 Å². The molecule has 23 heavy (non-hydrogen) atoms. The Morgan fingerprint density at radius 1 is 1.39 bits per heavy atom. The fourth-order valence-corrected chi connectivity index (χ4v) is 2.26. The van der Waals surface area contributed by atoms with Crippen LogP contribution in [-0.2, 0) is 9.53 Å². The largest absolute Gasteiger partial charge is 0.421 e. The van der Waals surface area contributed by atoms with Crippen LogP contribution in [0.3, 0.4) is 0 Å². The lowest BCUT2D eigenvalue weighted by Crippen LogP contribution is -2.37. The van der Waals surface area contributed by atoms with Crippen molar-refractivity contribution in [2.45, 2.75) is 19.8 Å². The van der Waals surface area contributed by atoms with Gasteiger partial charge in [-0.25, -0.2) is 4.79 Å². The molecule has 0 unspecified atom stereocenters. The first kappa shape index (κ1) is 15.4. The molecule has 0 atom stereocenters. The molecule has 1 aliphatic carbocycles. The summed E-state index contributed by atoms with van der Waals surface area (Å²) < 4.78 is 10.7. The molecule has 1 fully saturated rings. The number of aromatic nitrogens is 1. The lowest BCUT2D eigenvalue weighted by Gasteiger charge is -2.21. The molecule has 0 saturated heterocycles. The first-order valence-corrected chi connectivity index (χ1v) is 7.64. The predicted octanol–water partition coefficient (Wildman–Crippen LogP) is 2.44. The van der Waals surface area contributed by atoms with Gasteiger partial charge in [-0.15, -0.1) is 0 Å². The molecule has 3 rings (SSSR count). The van der Waals surface area contributed by atoms with E-state index in [1.807, 2.05) is 6.92 Å². The number of amides is 1. The predicted molar refractivity (Wildman–Crippen MR) is 84.9 cm³/mol. The van der Waals surface area contributed by atoms with Crippen molar-refractivity contribution in [2.75, 3.05) is 18.2 Å². The van der Waals surface area contributed by atoms with Crippen molar-refractivity contribution in [1.82, 2.24) is 4.98 Å². The van der Waals surface area contributed by atoms with Gasteiger partial charge in [-0.3, -0.25) is 14.7 Å². The van der Waals surface area contributed by atoms with E-state index in [1.165, 1.54) is 4.90 Å². The molecule has 0 bridgehead atoms. The van der Waals surface area contributed by atoms with Gasteiger partial charge >= 0.3 is 5.63 Å². The molecule has 1 aliphatic rings. The fourth-order valence-electron chi connectivity index (χ4n) is 2.26. The van der Waals surface area contributed by atoms with Gasteiger partial charge in [-0.2, -0.15) is 0 Å². The zero-order valence-electron chi connectivity index (χ0n) is 12.9. The topological polar surface area (TPSA) is 72.6 Å². The van der Waals surface area contributed by atoms with Gasteiger partial charge in [-0.05, 0) is 44.0 Å². The second-order valence-corrected chi connectivity index (χ2v) is 5.38. The molecule has 1 amide bonds. The van der Waals surface area contributed by atoms with Gasteiger partial charge in [0.05, 0.1) is 0 Å². The molecule has 0 spiro atoms. The quantitative estimate of drug-likeness (QED) is 0.766. The van der Waals surface area contributed by atoms with Gasteiger partial charge in [-0.1, -0.05) is 0 Å². The van der Waals surface area contributed by atoms with E-state index in [2.05, 4.69) is 4.98 Å². The molecule has 0 aromatic carbocycles. The molecule has 6 nitrogen and oxygen atoms in total. The molecule has 2 heterocycles. The van der Waals surface area contributed by atoms with Crippen molar-refractivity contribution < 1.29 is 13.9 Å². The van der Waals surface area contributed by atoms with Gasteiger partial charge in [0.15, 0.2) is 0 Å². The Bertz CT molecular complexity index is 738. The van der Waals surface area contributed by atoms with Crippen LogP contribution >= 0.6 is 0 Å². The number of anilines is 1. The van der Waals surface area contributed by atoms with Gasteiger partial charge < -0.3 is 9.15 Å². The normalized spacial score (nSPS) is 13.8. The van der Waals surface area contributed by atoms with E-state index in [4.69, 9.17) is 9.15 Å². The van der Waals surface area contributed by atoms with Crippen molar-refractivity contribution in [3.8, 4) is 11.3 Å². The molecule has 0 N–H and O–H groups in total. The number of nitrogens with zero attached hydrogens (tertiary/aromatic N) is 2. The standard InChI is InChI=1S/C17H18N2O4/c1-2-22-11-19(16(20)12-5-6-12)14-7-8-15(23-17(14)21)13-4-3-9-18-10-13/h3-4,7-10,12H,2,5-6,11H2,1H3. The Labute approximate surface area is 133 Å². The summed E-state index contributed by atoms with van der Waals surface area (Å²) in [6.07, 6.45) is 4.99.